The van der Waals surface area contributed by atoms with Crippen LogP contribution in [0.2, 0.25) is 0 Å². The summed E-state index contributed by atoms with van der Waals surface area (Å²) in [4.78, 5) is 26.2. The molecule has 0 bridgehead atoms. The summed E-state index contributed by atoms with van der Waals surface area (Å²) < 4.78 is 5.20. The quantitative estimate of drug-likeness (QED) is 0.428. The Labute approximate surface area is 187 Å². The molecule has 0 aliphatic carbocycles. The van der Waals surface area contributed by atoms with Gasteiger partial charge in [-0.05, 0) is 59.7 Å². The molecule has 0 saturated carbocycles. The molecule has 3 aromatic rings. The number of amides is 1. The van der Waals surface area contributed by atoms with Gasteiger partial charge in [0, 0.05) is 25.3 Å². The number of anilines is 1. The van der Waals surface area contributed by atoms with Crippen molar-refractivity contribution in [1.29, 1.82) is 0 Å². The molecule has 0 unspecified atom stereocenters. The van der Waals surface area contributed by atoms with Gasteiger partial charge in [0.15, 0.2) is 0 Å². The molecule has 1 N–H and O–H groups in total. The molecule has 7 nitrogen and oxygen atoms in total. The van der Waals surface area contributed by atoms with Crippen LogP contribution in [0, 0.1) is 0 Å². The normalized spacial score (nSPS) is 10.7. The van der Waals surface area contributed by atoms with Crippen LogP contribution in [0.4, 0.5) is 5.69 Å². The molecule has 0 fully saturated rings. The van der Waals surface area contributed by atoms with Crippen LogP contribution in [0.25, 0.3) is 0 Å². The first-order valence-electron chi connectivity index (χ1n) is 9.97. The lowest BCUT2D eigenvalue weighted by molar-refractivity contribution is 0.0695. The standard InChI is InChI=1S/C25H25N3O4/c1-27(2)22-12-10-20(11-13-22)24(29)28(17-19-6-14-23(32-3)15-7-19)26-16-18-4-8-21(9-5-18)25(30)31/h4-16H,17H2,1-3H3,(H,30,31). The number of hydrazone groups is 1. The predicted octanol–water partition coefficient (Wildman–Crippen LogP) is 4.14. The molecule has 3 rings (SSSR count). The molecule has 0 heterocycles. The van der Waals surface area contributed by atoms with E-state index >= 15 is 0 Å². The van der Waals surface area contributed by atoms with E-state index in [1.165, 1.54) is 17.1 Å². The molecule has 0 aromatic heterocycles. The Bertz CT molecular complexity index is 1090. The highest BCUT2D eigenvalue weighted by molar-refractivity contribution is 5.95. The lowest BCUT2D eigenvalue weighted by atomic mass is 10.1. The van der Waals surface area contributed by atoms with Crippen molar-refractivity contribution in [3.05, 3.63) is 95.1 Å². The number of rotatable bonds is 8. The van der Waals surface area contributed by atoms with Crippen molar-refractivity contribution in [3.8, 4) is 5.75 Å². The zero-order valence-corrected chi connectivity index (χ0v) is 18.2. The number of benzene rings is 3. The number of methoxy groups -OCH3 is 1. The van der Waals surface area contributed by atoms with Crippen molar-refractivity contribution < 1.29 is 19.4 Å². The lowest BCUT2D eigenvalue weighted by Crippen LogP contribution is -2.26. The molecule has 32 heavy (non-hydrogen) atoms. The summed E-state index contributed by atoms with van der Waals surface area (Å²) in [5.74, 6) is -0.511. The maximum absolute atomic E-state index is 13.2. The zero-order valence-electron chi connectivity index (χ0n) is 18.2. The summed E-state index contributed by atoms with van der Waals surface area (Å²) >= 11 is 0. The topological polar surface area (TPSA) is 82.4 Å². The molecule has 0 radical (unpaired) electrons. The Morgan fingerprint density at radius 1 is 0.906 bits per heavy atom. The molecule has 0 spiro atoms. The number of nitrogens with zero attached hydrogens (tertiary/aromatic N) is 3. The molecular weight excluding hydrogens is 406 g/mol. The van der Waals surface area contributed by atoms with E-state index in [9.17, 15) is 9.59 Å². The zero-order chi connectivity index (χ0) is 23.1. The van der Waals surface area contributed by atoms with Crippen molar-refractivity contribution in [3.63, 3.8) is 0 Å². The summed E-state index contributed by atoms with van der Waals surface area (Å²) in [6.45, 7) is 0.266. The summed E-state index contributed by atoms with van der Waals surface area (Å²) in [7, 11) is 5.47. The first kappa shape index (κ1) is 22.6. The van der Waals surface area contributed by atoms with E-state index in [1.54, 1.807) is 37.6 Å². The van der Waals surface area contributed by atoms with Gasteiger partial charge in [-0.25, -0.2) is 9.80 Å². The Morgan fingerprint density at radius 2 is 1.50 bits per heavy atom. The second-order valence-electron chi connectivity index (χ2n) is 7.32. The predicted molar refractivity (Wildman–Crippen MR) is 125 cm³/mol. The second-order valence-corrected chi connectivity index (χ2v) is 7.32. The van der Waals surface area contributed by atoms with E-state index in [0.29, 0.717) is 11.1 Å². The van der Waals surface area contributed by atoms with Crippen molar-refractivity contribution in [2.24, 2.45) is 5.10 Å². The number of carboxylic acids is 1. The fraction of sp³-hybridized carbons (Fsp3) is 0.160. The molecule has 164 valence electrons. The molecule has 7 heteroatoms. The molecule has 1 amide bonds. The Hall–Kier alpha value is -4.13. The van der Waals surface area contributed by atoms with Crippen molar-refractivity contribution in [1.82, 2.24) is 5.01 Å². The Balaban J connectivity index is 1.86. The van der Waals surface area contributed by atoms with E-state index in [1.807, 2.05) is 55.4 Å². The van der Waals surface area contributed by atoms with Gasteiger partial charge < -0.3 is 14.7 Å². The van der Waals surface area contributed by atoms with Crippen LogP contribution < -0.4 is 9.64 Å². The number of carboxylic acid groups (broad SMARTS) is 1. The molecule has 0 atom stereocenters. The van der Waals surface area contributed by atoms with E-state index in [2.05, 4.69) is 5.10 Å². The third kappa shape index (κ3) is 5.72. The van der Waals surface area contributed by atoms with Gasteiger partial charge in [-0.1, -0.05) is 24.3 Å². The first-order valence-corrected chi connectivity index (χ1v) is 9.97. The summed E-state index contributed by atoms with van der Waals surface area (Å²) in [5, 5.41) is 14.8. The van der Waals surface area contributed by atoms with Gasteiger partial charge >= 0.3 is 5.97 Å². The van der Waals surface area contributed by atoms with Crippen molar-refractivity contribution in [2.45, 2.75) is 6.54 Å². The Morgan fingerprint density at radius 3 is 2.03 bits per heavy atom. The summed E-state index contributed by atoms with van der Waals surface area (Å²) in [6.07, 6.45) is 1.54. The van der Waals surface area contributed by atoms with Crippen LogP contribution in [0.15, 0.2) is 77.9 Å². The average Bonchev–Trinajstić information content (AvgIpc) is 2.82. The summed E-state index contributed by atoms with van der Waals surface area (Å²) in [5.41, 5.74) is 3.27. The number of carbonyl (C=O) groups excluding carboxylic acids is 1. The smallest absolute Gasteiger partial charge is 0.335 e. The highest BCUT2D eigenvalue weighted by Crippen LogP contribution is 2.17. The lowest BCUT2D eigenvalue weighted by Gasteiger charge is -2.18. The largest absolute Gasteiger partial charge is 0.497 e. The van der Waals surface area contributed by atoms with Crippen molar-refractivity contribution >= 4 is 23.8 Å². The first-order chi connectivity index (χ1) is 15.4. The van der Waals surface area contributed by atoms with Gasteiger partial charge in [0.2, 0.25) is 0 Å². The monoisotopic (exact) mass is 431 g/mol. The van der Waals surface area contributed by atoms with Crippen molar-refractivity contribution in [2.75, 3.05) is 26.1 Å². The molecule has 3 aromatic carbocycles. The van der Waals surface area contributed by atoms with Gasteiger partial charge in [0.1, 0.15) is 5.75 Å². The SMILES string of the molecule is COc1ccc(CN(N=Cc2ccc(C(=O)O)cc2)C(=O)c2ccc(N(C)C)cc2)cc1. The minimum absolute atomic E-state index is 0.189. The summed E-state index contributed by atoms with van der Waals surface area (Å²) in [6, 6.07) is 21.0. The van der Waals surface area contributed by atoms with Crippen LogP contribution in [-0.4, -0.2) is 49.4 Å². The van der Waals surface area contributed by atoms with Gasteiger partial charge in [-0.15, -0.1) is 0 Å². The highest BCUT2D eigenvalue weighted by atomic mass is 16.5. The maximum Gasteiger partial charge on any atom is 0.335 e. The molecular formula is C25H25N3O4. The highest BCUT2D eigenvalue weighted by Gasteiger charge is 2.16. The Kier molecular flexibility index (Phi) is 7.23. The van der Waals surface area contributed by atoms with Crippen LogP contribution in [0.3, 0.4) is 0 Å². The van der Waals surface area contributed by atoms with Crippen LogP contribution in [0.5, 0.6) is 5.75 Å². The molecule has 0 aliphatic rings. The third-order valence-corrected chi connectivity index (χ3v) is 4.86. The fourth-order valence-corrected chi connectivity index (χ4v) is 2.97. The fourth-order valence-electron chi connectivity index (χ4n) is 2.97. The van der Waals surface area contributed by atoms with Gasteiger partial charge in [0.25, 0.3) is 5.91 Å². The third-order valence-electron chi connectivity index (χ3n) is 4.86. The number of aromatic carboxylic acids is 1. The molecule has 0 aliphatic heterocycles. The minimum atomic E-state index is -0.994. The van der Waals surface area contributed by atoms with Gasteiger partial charge in [0.05, 0.1) is 25.4 Å². The maximum atomic E-state index is 13.2. The number of carbonyl (C=O) groups is 2. The van der Waals surface area contributed by atoms with E-state index in [4.69, 9.17) is 9.84 Å². The van der Waals surface area contributed by atoms with E-state index in [-0.39, 0.29) is 18.0 Å². The van der Waals surface area contributed by atoms with Crippen LogP contribution >= 0.6 is 0 Å². The number of hydrogen-bond donors (Lipinski definition) is 1. The van der Waals surface area contributed by atoms with E-state index in [0.717, 1.165) is 17.0 Å². The minimum Gasteiger partial charge on any atom is -0.497 e. The van der Waals surface area contributed by atoms with Crippen LogP contribution in [0.1, 0.15) is 31.8 Å². The van der Waals surface area contributed by atoms with Gasteiger partial charge in [-0.3, -0.25) is 4.79 Å². The number of ether oxygens (including phenoxy) is 1. The van der Waals surface area contributed by atoms with Crippen LogP contribution in [-0.2, 0) is 6.54 Å². The number of hydrogen-bond acceptors (Lipinski definition) is 5. The molecule has 0 saturated heterocycles. The second kappa shape index (κ2) is 10.3. The average molecular weight is 431 g/mol. The van der Waals surface area contributed by atoms with Gasteiger partial charge in [-0.2, -0.15) is 5.10 Å². The van der Waals surface area contributed by atoms with E-state index < -0.39 is 5.97 Å².